The first kappa shape index (κ1) is 12.8. The van der Waals surface area contributed by atoms with Gasteiger partial charge in [0.15, 0.2) is 0 Å². The van der Waals surface area contributed by atoms with E-state index in [1.165, 1.54) is 18.3 Å². The van der Waals surface area contributed by atoms with E-state index in [0.29, 0.717) is 18.4 Å². The first-order valence-electron chi connectivity index (χ1n) is 5.67. The maximum absolute atomic E-state index is 11.8. The van der Waals surface area contributed by atoms with Gasteiger partial charge in [0, 0.05) is 18.3 Å². The molecule has 0 aliphatic heterocycles. The third-order valence-corrected chi connectivity index (χ3v) is 3.55. The number of hydrogen-bond donors (Lipinski definition) is 2. The number of hydrogen-bond acceptors (Lipinski definition) is 3. The summed E-state index contributed by atoms with van der Waals surface area (Å²) in [5.41, 5.74) is -0.401. The lowest BCUT2D eigenvalue weighted by Crippen LogP contribution is -2.47. The standard InChI is InChI=1S/C12H13ClN2O3/c13-9-6-8(2-5-14-9)10(16)15-7-12(11(17)18)3-1-4-12/h2,5-6H,1,3-4,7H2,(H,15,16)(H,17,18). The summed E-state index contributed by atoms with van der Waals surface area (Å²) in [5, 5.41) is 12.0. The number of halogens is 1. The summed E-state index contributed by atoms with van der Waals surface area (Å²) < 4.78 is 0. The van der Waals surface area contributed by atoms with Gasteiger partial charge in [0.2, 0.25) is 0 Å². The fraction of sp³-hybridized carbons (Fsp3) is 0.417. The number of nitrogens with zero attached hydrogens (tertiary/aromatic N) is 1. The molecule has 0 bridgehead atoms. The average molecular weight is 269 g/mol. The molecular weight excluding hydrogens is 256 g/mol. The van der Waals surface area contributed by atoms with Gasteiger partial charge in [-0.25, -0.2) is 4.98 Å². The molecule has 6 heteroatoms. The highest BCUT2D eigenvalue weighted by Crippen LogP contribution is 2.40. The minimum absolute atomic E-state index is 0.154. The van der Waals surface area contributed by atoms with E-state index in [1.807, 2.05) is 0 Å². The van der Waals surface area contributed by atoms with Crippen LogP contribution in [-0.4, -0.2) is 28.5 Å². The number of aromatic nitrogens is 1. The average Bonchev–Trinajstić information content (AvgIpc) is 2.26. The second-order valence-corrected chi connectivity index (χ2v) is 4.88. The first-order chi connectivity index (χ1) is 8.53. The summed E-state index contributed by atoms with van der Waals surface area (Å²) in [6.45, 7) is 0.154. The Morgan fingerprint density at radius 3 is 2.72 bits per heavy atom. The smallest absolute Gasteiger partial charge is 0.311 e. The van der Waals surface area contributed by atoms with Crippen LogP contribution in [0.1, 0.15) is 29.6 Å². The van der Waals surface area contributed by atoms with Crippen molar-refractivity contribution >= 4 is 23.5 Å². The Kier molecular flexibility index (Phi) is 3.52. The van der Waals surface area contributed by atoms with Gasteiger partial charge in [0.25, 0.3) is 5.91 Å². The Morgan fingerprint density at radius 2 is 2.22 bits per heavy atom. The zero-order valence-electron chi connectivity index (χ0n) is 9.65. The van der Waals surface area contributed by atoms with Crippen LogP contribution in [0.25, 0.3) is 0 Å². The Hall–Kier alpha value is -1.62. The molecule has 0 atom stereocenters. The number of pyridine rings is 1. The van der Waals surface area contributed by atoms with Crippen LogP contribution in [0, 0.1) is 5.41 Å². The molecule has 1 aromatic heterocycles. The van der Waals surface area contributed by atoms with Crippen molar-refractivity contribution in [3.63, 3.8) is 0 Å². The largest absolute Gasteiger partial charge is 0.481 e. The topological polar surface area (TPSA) is 79.3 Å². The van der Waals surface area contributed by atoms with Crippen LogP contribution < -0.4 is 5.32 Å². The van der Waals surface area contributed by atoms with Crippen molar-refractivity contribution < 1.29 is 14.7 Å². The van der Waals surface area contributed by atoms with Gasteiger partial charge in [-0.05, 0) is 25.0 Å². The maximum atomic E-state index is 11.8. The highest BCUT2D eigenvalue weighted by molar-refractivity contribution is 6.29. The van der Waals surface area contributed by atoms with E-state index in [2.05, 4.69) is 10.3 Å². The molecule has 1 heterocycles. The van der Waals surface area contributed by atoms with Gasteiger partial charge in [-0.3, -0.25) is 9.59 Å². The minimum Gasteiger partial charge on any atom is -0.481 e. The molecule has 0 radical (unpaired) electrons. The Morgan fingerprint density at radius 1 is 1.50 bits per heavy atom. The number of amides is 1. The van der Waals surface area contributed by atoms with Crippen molar-refractivity contribution in [2.45, 2.75) is 19.3 Å². The molecule has 96 valence electrons. The van der Waals surface area contributed by atoms with E-state index in [9.17, 15) is 9.59 Å². The Balaban J connectivity index is 1.98. The van der Waals surface area contributed by atoms with Crippen LogP contribution in [0.15, 0.2) is 18.3 Å². The molecular formula is C12H13ClN2O3. The zero-order valence-corrected chi connectivity index (χ0v) is 10.4. The lowest BCUT2D eigenvalue weighted by atomic mass is 9.69. The van der Waals surface area contributed by atoms with Gasteiger partial charge in [-0.15, -0.1) is 0 Å². The number of carboxylic acids is 1. The highest BCUT2D eigenvalue weighted by atomic mass is 35.5. The Labute approximate surface area is 109 Å². The zero-order chi connectivity index (χ0) is 13.2. The predicted octanol–water partition coefficient (Wildman–Crippen LogP) is 1.72. The first-order valence-corrected chi connectivity index (χ1v) is 6.04. The summed E-state index contributed by atoms with van der Waals surface area (Å²) in [7, 11) is 0. The summed E-state index contributed by atoms with van der Waals surface area (Å²) in [6, 6.07) is 2.99. The van der Waals surface area contributed by atoms with Gasteiger partial charge in [0.05, 0.1) is 5.41 Å². The number of aliphatic carboxylic acids is 1. The fourth-order valence-corrected chi connectivity index (χ4v) is 2.14. The third-order valence-electron chi connectivity index (χ3n) is 3.34. The van der Waals surface area contributed by atoms with Crippen LogP contribution in [0.2, 0.25) is 5.15 Å². The molecule has 18 heavy (non-hydrogen) atoms. The lowest BCUT2D eigenvalue weighted by Gasteiger charge is -2.37. The van der Waals surface area contributed by atoms with Crippen LogP contribution in [-0.2, 0) is 4.79 Å². The highest BCUT2D eigenvalue weighted by Gasteiger charge is 2.44. The minimum atomic E-state index is -0.846. The number of rotatable bonds is 4. The van der Waals surface area contributed by atoms with Gasteiger partial charge in [-0.1, -0.05) is 18.0 Å². The summed E-state index contributed by atoms with van der Waals surface area (Å²) in [6.07, 6.45) is 3.55. The molecule has 0 spiro atoms. The van der Waals surface area contributed by atoms with Crippen LogP contribution in [0.5, 0.6) is 0 Å². The molecule has 2 rings (SSSR count). The Bertz CT molecular complexity index is 486. The second-order valence-electron chi connectivity index (χ2n) is 4.49. The van der Waals surface area contributed by atoms with Gasteiger partial charge in [0.1, 0.15) is 5.15 Å². The lowest BCUT2D eigenvalue weighted by molar-refractivity contribution is -0.153. The molecule has 2 N–H and O–H groups in total. The molecule has 5 nitrogen and oxygen atoms in total. The van der Waals surface area contributed by atoms with Crippen molar-refractivity contribution in [2.24, 2.45) is 5.41 Å². The van der Waals surface area contributed by atoms with Crippen molar-refractivity contribution in [3.8, 4) is 0 Å². The number of nitrogens with one attached hydrogen (secondary N) is 1. The van der Waals surface area contributed by atoms with E-state index in [0.717, 1.165) is 6.42 Å². The normalized spacial score (nSPS) is 16.7. The number of carbonyl (C=O) groups excluding carboxylic acids is 1. The van der Waals surface area contributed by atoms with Crippen molar-refractivity contribution in [2.75, 3.05) is 6.54 Å². The summed E-state index contributed by atoms with van der Waals surface area (Å²) in [4.78, 5) is 26.7. The quantitative estimate of drug-likeness (QED) is 0.815. The van der Waals surface area contributed by atoms with Crippen molar-refractivity contribution in [1.82, 2.24) is 10.3 Å². The van der Waals surface area contributed by atoms with E-state index in [-0.39, 0.29) is 17.6 Å². The van der Waals surface area contributed by atoms with Gasteiger partial charge < -0.3 is 10.4 Å². The summed E-state index contributed by atoms with van der Waals surface area (Å²) in [5.74, 6) is -1.17. The van der Waals surface area contributed by atoms with E-state index in [4.69, 9.17) is 16.7 Å². The predicted molar refractivity (Wildman–Crippen MR) is 65.5 cm³/mol. The fourth-order valence-electron chi connectivity index (χ4n) is 1.97. The molecule has 1 saturated carbocycles. The molecule has 0 saturated heterocycles. The van der Waals surface area contributed by atoms with Crippen LogP contribution in [0.3, 0.4) is 0 Å². The van der Waals surface area contributed by atoms with E-state index < -0.39 is 11.4 Å². The summed E-state index contributed by atoms with van der Waals surface area (Å²) >= 11 is 5.68. The second kappa shape index (κ2) is 4.94. The molecule has 0 aromatic carbocycles. The molecule has 1 aliphatic rings. The molecule has 1 amide bonds. The molecule has 1 fully saturated rings. The van der Waals surface area contributed by atoms with E-state index in [1.54, 1.807) is 0 Å². The number of carboxylic acid groups (broad SMARTS) is 1. The van der Waals surface area contributed by atoms with Gasteiger partial charge >= 0.3 is 5.97 Å². The van der Waals surface area contributed by atoms with E-state index >= 15 is 0 Å². The van der Waals surface area contributed by atoms with Crippen LogP contribution >= 0.6 is 11.6 Å². The molecule has 1 aromatic rings. The van der Waals surface area contributed by atoms with Gasteiger partial charge in [-0.2, -0.15) is 0 Å². The SMILES string of the molecule is O=C(NCC1(C(=O)O)CCC1)c1ccnc(Cl)c1. The van der Waals surface area contributed by atoms with Crippen molar-refractivity contribution in [1.29, 1.82) is 0 Å². The molecule has 0 unspecified atom stereocenters. The third kappa shape index (κ3) is 2.46. The van der Waals surface area contributed by atoms with Crippen molar-refractivity contribution in [3.05, 3.63) is 29.0 Å². The molecule has 1 aliphatic carbocycles. The number of carbonyl (C=O) groups is 2. The monoisotopic (exact) mass is 268 g/mol. The van der Waals surface area contributed by atoms with Crippen LogP contribution in [0.4, 0.5) is 0 Å². The maximum Gasteiger partial charge on any atom is 0.311 e.